The van der Waals surface area contributed by atoms with Crippen molar-refractivity contribution in [3.8, 4) is 0 Å². The molecule has 0 radical (unpaired) electrons. The van der Waals surface area contributed by atoms with E-state index < -0.39 is 0 Å². The number of hydrogen-bond acceptors (Lipinski definition) is 5. The van der Waals surface area contributed by atoms with Gasteiger partial charge in [-0.3, -0.25) is 4.79 Å². The minimum atomic E-state index is -0.0144. The van der Waals surface area contributed by atoms with Crippen LogP contribution < -0.4 is 5.73 Å². The molecular weight excluding hydrogens is 224 g/mol. The number of nitrogens with two attached hydrogens (primary N) is 1. The molecule has 1 aliphatic heterocycles. The predicted octanol–water partition coefficient (Wildman–Crippen LogP) is 0.737. The van der Waals surface area contributed by atoms with E-state index in [-0.39, 0.29) is 11.9 Å². The summed E-state index contributed by atoms with van der Waals surface area (Å²) in [7, 11) is 0. The van der Waals surface area contributed by atoms with E-state index in [1.54, 1.807) is 5.38 Å². The molecule has 0 bridgehead atoms. The molecule has 6 heteroatoms. The third-order valence-corrected chi connectivity index (χ3v) is 3.66. The quantitative estimate of drug-likeness (QED) is 0.827. The first-order valence-corrected chi connectivity index (χ1v) is 6.34. The molecular formula is C10H16N4OS. The fourth-order valence-corrected chi connectivity index (χ4v) is 2.49. The summed E-state index contributed by atoms with van der Waals surface area (Å²) in [6.45, 7) is 3.46. The molecule has 1 fully saturated rings. The van der Waals surface area contributed by atoms with Gasteiger partial charge >= 0.3 is 0 Å². The molecule has 16 heavy (non-hydrogen) atoms. The fourth-order valence-electron chi connectivity index (χ4n) is 2.06. The topological polar surface area (TPSA) is 72.1 Å². The Balaban J connectivity index is 2.09. The van der Waals surface area contributed by atoms with E-state index in [4.69, 9.17) is 5.73 Å². The summed E-state index contributed by atoms with van der Waals surface area (Å²) < 4.78 is 3.72. The first kappa shape index (κ1) is 11.5. The number of amides is 1. The van der Waals surface area contributed by atoms with Gasteiger partial charge in [0.05, 0.1) is 0 Å². The summed E-state index contributed by atoms with van der Waals surface area (Å²) in [4.78, 5) is 14.0. The Hall–Kier alpha value is -1.01. The van der Waals surface area contributed by atoms with Crippen molar-refractivity contribution in [3.05, 3.63) is 11.1 Å². The number of hydrogen-bond donors (Lipinski definition) is 1. The highest BCUT2D eigenvalue weighted by molar-refractivity contribution is 7.03. The lowest BCUT2D eigenvalue weighted by Crippen LogP contribution is -2.47. The highest BCUT2D eigenvalue weighted by Crippen LogP contribution is 2.22. The number of aromatic nitrogens is 2. The van der Waals surface area contributed by atoms with Gasteiger partial charge in [-0.25, -0.2) is 0 Å². The van der Waals surface area contributed by atoms with Crippen LogP contribution in [0.2, 0.25) is 0 Å². The number of likely N-dealkylation sites (tertiary alicyclic amines) is 1. The van der Waals surface area contributed by atoms with Gasteiger partial charge in [0.15, 0.2) is 5.69 Å². The third-order valence-electron chi connectivity index (χ3n) is 3.15. The Labute approximate surface area is 98.8 Å². The molecule has 1 aliphatic rings. The van der Waals surface area contributed by atoms with Gasteiger partial charge in [-0.05, 0) is 43.8 Å². The van der Waals surface area contributed by atoms with Crippen LogP contribution >= 0.6 is 11.5 Å². The van der Waals surface area contributed by atoms with Crippen LogP contribution in [0, 0.1) is 5.92 Å². The number of piperidine rings is 1. The van der Waals surface area contributed by atoms with E-state index >= 15 is 0 Å². The van der Waals surface area contributed by atoms with Crippen LogP contribution in [0.15, 0.2) is 5.38 Å². The minimum absolute atomic E-state index is 0.0144. The van der Waals surface area contributed by atoms with Gasteiger partial charge in [0.25, 0.3) is 5.91 Å². The Morgan fingerprint density at radius 3 is 3.12 bits per heavy atom. The van der Waals surface area contributed by atoms with Crippen molar-refractivity contribution < 1.29 is 4.79 Å². The molecule has 2 heterocycles. The van der Waals surface area contributed by atoms with Crippen LogP contribution in [0.5, 0.6) is 0 Å². The molecule has 1 aromatic rings. The van der Waals surface area contributed by atoms with E-state index in [1.807, 2.05) is 4.90 Å². The fraction of sp³-hybridized carbons (Fsp3) is 0.700. The summed E-state index contributed by atoms with van der Waals surface area (Å²) in [5.41, 5.74) is 6.12. The molecule has 2 N–H and O–H groups in total. The molecule has 1 saturated heterocycles. The number of rotatable bonds is 2. The second-order valence-electron chi connectivity index (χ2n) is 4.28. The first-order valence-electron chi connectivity index (χ1n) is 5.50. The van der Waals surface area contributed by atoms with Gasteiger partial charge in [-0.2, -0.15) is 0 Å². The Morgan fingerprint density at radius 1 is 1.69 bits per heavy atom. The predicted molar refractivity (Wildman–Crippen MR) is 62.2 cm³/mol. The minimum Gasteiger partial charge on any atom is -0.334 e. The van der Waals surface area contributed by atoms with Gasteiger partial charge in [0.1, 0.15) is 0 Å². The second-order valence-corrected chi connectivity index (χ2v) is 4.89. The van der Waals surface area contributed by atoms with Crippen molar-refractivity contribution in [3.63, 3.8) is 0 Å². The maximum Gasteiger partial charge on any atom is 0.275 e. The van der Waals surface area contributed by atoms with Crippen molar-refractivity contribution in [2.24, 2.45) is 11.7 Å². The molecule has 88 valence electrons. The smallest absolute Gasteiger partial charge is 0.275 e. The van der Waals surface area contributed by atoms with Crippen LogP contribution in [-0.4, -0.2) is 39.5 Å². The Bertz CT molecular complexity index is 354. The average Bonchev–Trinajstić information content (AvgIpc) is 2.82. The largest absolute Gasteiger partial charge is 0.334 e. The number of nitrogens with zero attached hydrogens (tertiary/aromatic N) is 3. The molecule has 2 rings (SSSR count). The van der Waals surface area contributed by atoms with Crippen LogP contribution in [0.3, 0.4) is 0 Å². The van der Waals surface area contributed by atoms with Crippen LogP contribution in [0.4, 0.5) is 0 Å². The second kappa shape index (κ2) is 4.88. The van der Waals surface area contributed by atoms with E-state index in [0.29, 0.717) is 18.2 Å². The summed E-state index contributed by atoms with van der Waals surface area (Å²) in [6, 6.07) is 0.275. The lowest BCUT2D eigenvalue weighted by Gasteiger charge is -2.37. The number of carbonyl (C=O) groups is 1. The van der Waals surface area contributed by atoms with Gasteiger partial charge in [0, 0.05) is 18.0 Å². The Morgan fingerprint density at radius 2 is 2.50 bits per heavy atom. The zero-order valence-electron chi connectivity index (χ0n) is 9.30. The van der Waals surface area contributed by atoms with E-state index in [9.17, 15) is 4.79 Å². The summed E-state index contributed by atoms with van der Waals surface area (Å²) >= 11 is 1.21. The maximum atomic E-state index is 12.1. The highest BCUT2D eigenvalue weighted by atomic mass is 32.1. The van der Waals surface area contributed by atoms with Crippen molar-refractivity contribution in [1.82, 2.24) is 14.5 Å². The number of carbonyl (C=O) groups excluding carboxylic acids is 1. The standard InChI is InChI=1S/C10H16N4OS/c1-7-2-3-8(4-11)5-14(7)10(15)9-6-16-13-12-9/h6-8H,2-5,11H2,1H3. The average molecular weight is 240 g/mol. The molecule has 2 unspecified atom stereocenters. The lowest BCUT2D eigenvalue weighted by molar-refractivity contribution is 0.0561. The molecule has 2 atom stereocenters. The lowest BCUT2D eigenvalue weighted by atomic mass is 9.93. The SMILES string of the molecule is CC1CCC(CN)CN1C(=O)c1csnn1. The Kier molecular flexibility index (Phi) is 3.50. The molecule has 5 nitrogen and oxygen atoms in total. The molecule has 1 aromatic heterocycles. The van der Waals surface area contributed by atoms with Crippen LogP contribution in [0.1, 0.15) is 30.3 Å². The monoisotopic (exact) mass is 240 g/mol. The van der Waals surface area contributed by atoms with Crippen molar-refractivity contribution in [2.75, 3.05) is 13.1 Å². The van der Waals surface area contributed by atoms with Gasteiger partial charge in [-0.1, -0.05) is 4.49 Å². The van der Waals surface area contributed by atoms with Crippen molar-refractivity contribution in [2.45, 2.75) is 25.8 Å². The third kappa shape index (κ3) is 2.22. The van der Waals surface area contributed by atoms with Crippen molar-refractivity contribution in [1.29, 1.82) is 0 Å². The first-order chi connectivity index (χ1) is 7.72. The zero-order chi connectivity index (χ0) is 11.5. The van der Waals surface area contributed by atoms with Gasteiger partial charge in [0.2, 0.25) is 0 Å². The van der Waals surface area contributed by atoms with Crippen LogP contribution in [-0.2, 0) is 0 Å². The van der Waals surface area contributed by atoms with E-state index in [1.165, 1.54) is 11.5 Å². The summed E-state index contributed by atoms with van der Waals surface area (Å²) in [5, 5.41) is 5.52. The molecule has 1 amide bonds. The molecule has 0 spiro atoms. The molecule has 0 aromatic carbocycles. The summed E-state index contributed by atoms with van der Waals surface area (Å²) in [6.07, 6.45) is 2.13. The van der Waals surface area contributed by atoms with Crippen LogP contribution in [0.25, 0.3) is 0 Å². The normalized spacial score (nSPS) is 25.8. The maximum absolute atomic E-state index is 12.1. The van der Waals surface area contributed by atoms with Gasteiger partial charge in [-0.15, -0.1) is 5.10 Å². The molecule has 0 aliphatic carbocycles. The van der Waals surface area contributed by atoms with E-state index in [2.05, 4.69) is 16.5 Å². The summed E-state index contributed by atoms with van der Waals surface area (Å²) in [5.74, 6) is 0.408. The molecule has 0 saturated carbocycles. The van der Waals surface area contributed by atoms with Gasteiger partial charge < -0.3 is 10.6 Å². The zero-order valence-corrected chi connectivity index (χ0v) is 10.1. The highest BCUT2D eigenvalue weighted by Gasteiger charge is 2.29. The van der Waals surface area contributed by atoms with E-state index in [0.717, 1.165) is 19.4 Å². The van der Waals surface area contributed by atoms with Crippen molar-refractivity contribution >= 4 is 17.4 Å².